The number of carboxylic acids is 1. The molecule has 0 heterocycles. The first kappa shape index (κ1) is 14.2. The minimum atomic E-state index is -1.06. The Kier molecular flexibility index (Phi) is 4.48. The molecule has 0 fully saturated rings. The van der Waals surface area contributed by atoms with Crippen LogP contribution in [0.2, 0.25) is 5.02 Å². The van der Waals surface area contributed by atoms with Gasteiger partial charge in [-0.05, 0) is 24.3 Å². The van der Waals surface area contributed by atoms with Gasteiger partial charge in [-0.2, -0.15) is 0 Å². The van der Waals surface area contributed by atoms with Gasteiger partial charge in [-0.15, -0.1) is 0 Å². The standard InChI is InChI=1S/C15H13ClO4/c1-19-13-5-3-2-4-10(13)9-20-14-8-11(16)6-7-12(14)15(17)18/h2-8H,9H2,1H3,(H,17,18). The van der Waals surface area contributed by atoms with Crippen molar-refractivity contribution in [3.8, 4) is 11.5 Å². The average molecular weight is 293 g/mol. The second-order valence-electron chi connectivity index (χ2n) is 4.05. The van der Waals surface area contributed by atoms with Crippen molar-refractivity contribution < 1.29 is 19.4 Å². The number of ether oxygens (including phenoxy) is 2. The molecule has 0 aliphatic heterocycles. The number of carbonyl (C=O) groups is 1. The fourth-order valence-electron chi connectivity index (χ4n) is 1.77. The van der Waals surface area contributed by atoms with Crippen LogP contribution in [0.3, 0.4) is 0 Å². The maximum absolute atomic E-state index is 11.1. The van der Waals surface area contributed by atoms with Crippen LogP contribution in [-0.2, 0) is 6.61 Å². The Morgan fingerprint density at radius 3 is 2.65 bits per heavy atom. The lowest BCUT2D eigenvalue weighted by Gasteiger charge is -2.12. The molecule has 0 aromatic heterocycles. The Bertz CT molecular complexity index is 625. The van der Waals surface area contributed by atoms with E-state index >= 15 is 0 Å². The molecular weight excluding hydrogens is 280 g/mol. The van der Waals surface area contributed by atoms with Crippen LogP contribution in [0.1, 0.15) is 15.9 Å². The summed E-state index contributed by atoms with van der Waals surface area (Å²) in [5.74, 6) is -0.140. The minimum absolute atomic E-state index is 0.0734. The van der Waals surface area contributed by atoms with Crippen molar-refractivity contribution in [2.45, 2.75) is 6.61 Å². The molecule has 2 aromatic rings. The number of para-hydroxylation sites is 1. The van der Waals surface area contributed by atoms with Crippen molar-refractivity contribution in [3.63, 3.8) is 0 Å². The van der Waals surface area contributed by atoms with Crippen molar-refractivity contribution >= 4 is 17.6 Å². The summed E-state index contributed by atoms with van der Waals surface area (Å²) in [5, 5.41) is 9.53. The quantitative estimate of drug-likeness (QED) is 0.914. The normalized spacial score (nSPS) is 10.1. The molecule has 4 nitrogen and oxygen atoms in total. The van der Waals surface area contributed by atoms with E-state index in [2.05, 4.69) is 0 Å². The smallest absolute Gasteiger partial charge is 0.339 e. The van der Waals surface area contributed by atoms with Crippen LogP contribution >= 0.6 is 11.6 Å². The second-order valence-corrected chi connectivity index (χ2v) is 4.48. The van der Waals surface area contributed by atoms with Gasteiger partial charge in [0, 0.05) is 10.6 Å². The predicted octanol–water partition coefficient (Wildman–Crippen LogP) is 3.63. The molecule has 0 saturated heterocycles. The van der Waals surface area contributed by atoms with Gasteiger partial charge in [-0.1, -0.05) is 29.8 Å². The highest BCUT2D eigenvalue weighted by Crippen LogP contribution is 2.26. The zero-order valence-electron chi connectivity index (χ0n) is 10.8. The first-order valence-electron chi connectivity index (χ1n) is 5.89. The van der Waals surface area contributed by atoms with Crippen molar-refractivity contribution in [2.24, 2.45) is 0 Å². The van der Waals surface area contributed by atoms with E-state index in [9.17, 15) is 4.79 Å². The molecule has 0 aliphatic carbocycles. The van der Waals surface area contributed by atoms with Gasteiger partial charge in [0.1, 0.15) is 23.7 Å². The van der Waals surface area contributed by atoms with E-state index in [1.165, 1.54) is 18.2 Å². The van der Waals surface area contributed by atoms with Gasteiger partial charge in [-0.25, -0.2) is 4.79 Å². The summed E-state index contributed by atoms with van der Waals surface area (Å²) in [5.41, 5.74) is 0.899. The zero-order chi connectivity index (χ0) is 14.5. The van der Waals surface area contributed by atoms with E-state index < -0.39 is 5.97 Å². The number of rotatable bonds is 5. The van der Waals surface area contributed by atoms with Crippen LogP contribution in [-0.4, -0.2) is 18.2 Å². The number of carboxylic acid groups (broad SMARTS) is 1. The maximum atomic E-state index is 11.1. The molecule has 0 bridgehead atoms. The van der Waals surface area contributed by atoms with Gasteiger partial charge < -0.3 is 14.6 Å². The molecule has 2 rings (SSSR count). The van der Waals surface area contributed by atoms with Crippen LogP contribution in [0.4, 0.5) is 0 Å². The molecular formula is C15H13ClO4. The predicted molar refractivity (Wildman–Crippen MR) is 75.7 cm³/mol. The van der Waals surface area contributed by atoms with E-state index in [0.29, 0.717) is 10.8 Å². The van der Waals surface area contributed by atoms with E-state index in [0.717, 1.165) is 5.56 Å². The lowest BCUT2D eigenvalue weighted by molar-refractivity contribution is 0.0692. The summed E-state index contributed by atoms with van der Waals surface area (Å²) in [6.45, 7) is 0.199. The number of halogens is 1. The van der Waals surface area contributed by atoms with Crippen molar-refractivity contribution in [3.05, 3.63) is 58.6 Å². The van der Waals surface area contributed by atoms with Crippen LogP contribution in [0.15, 0.2) is 42.5 Å². The first-order chi connectivity index (χ1) is 9.61. The molecule has 0 unspecified atom stereocenters. The molecule has 0 atom stereocenters. The van der Waals surface area contributed by atoms with E-state index in [1.807, 2.05) is 24.3 Å². The minimum Gasteiger partial charge on any atom is -0.496 e. The molecule has 1 N–H and O–H groups in total. The highest BCUT2D eigenvalue weighted by molar-refractivity contribution is 6.30. The summed E-state index contributed by atoms with van der Waals surface area (Å²) < 4.78 is 10.8. The zero-order valence-corrected chi connectivity index (χ0v) is 11.6. The van der Waals surface area contributed by atoms with Gasteiger partial charge in [0.15, 0.2) is 0 Å². The van der Waals surface area contributed by atoms with Crippen molar-refractivity contribution in [1.29, 1.82) is 0 Å². The fourth-order valence-corrected chi connectivity index (χ4v) is 1.93. The summed E-state index contributed by atoms with van der Waals surface area (Å²) in [4.78, 5) is 11.1. The molecule has 0 spiro atoms. The monoisotopic (exact) mass is 292 g/mol. The van der Waals surface area contributed by atoms with E-state index in [-0.39, 0.29) is 17.9 Å². The first-order valence-corrected chi connectivity index (χ1v) is 6.27. The SMILES string of the molecule is COc1ccccc1COc1cc(Cl)ccc1C(=O)O. The third-order valence-corrected chi connectivity index (χ3v) is 2.98. The maximum Gasteiger partial charge on any atom is 0.339 e. The highest BCUT2D eigenvalue weighted by Gasteiger charge is 2.12. The molecule has 0 amide bonds. The van der Waals surface area contributed by atoms with Crippen LogP contribution < -0.4 is 9.47 Å². The highest BCUT2D eigenvalue weighted by atomic mass is 35.5. The largest absolute Gasteiger partial charge is 0.496 e. The number of hydrogen-bond acceptors (Lipinski definition) is 3. The third-order valence-electron chi connectivity index (χ3n) is 2.75. The summed E-state index contributed by atoms with van der Waals surface area (Å²) in [6, 6.07) is 11.8. The Morgan fingerprint density at radius 1 is 1.20 bits per heavy atom. The summed E-state index contributed by atoms with van der Waals surface area (Å²) in [7, 11) is 1.57. The number of aromatic carboxylic acids is 1. The molecule has 2 aromatic carbocycles. The van der Waals surface area contributed by atoms with Crippen molar-refractivity contribution in [2.75, 3.05) is 7.11 Å². The van der Waals surface area contributed by atoms with E-state index in [4.69, 9.17) is 26.2 Å². The molecule has 0 radical (unpaired) electrons. The van der Waals surface area contributed by atoms with Gasteiger partial charge in [0.05, 0.1) is 7.11 Å². The van der Waals surface area contributed by atoms with Crippen LogP contribution in [0, 0.1) is 0 Å². The fraction of sp³-hybridized carbons (Fsp3) is 0.133. The number of benzene rings is 2. The Hall–Kier alpha value is -2.20. The van der Waals surface area contributed by atoms with Crippen LogP contribution in [0.5, 0.6) is 11.5 Å². The van der Waals surface area contributed by atoms with Crippen LogP contribution in [0.25, 0.3) is 0 Å². The Balaban J connectivity index is 2.22. The second kappa shape index (κ2) is 6.30. The number of hydrogen-bond donors (Lipinski definition) is 1. The number of methoxy groups -OCH3 is 1. The van der Waals surface area contributed by atoms with Gasteiger partial charge in [0.25, 0.3) is 0 Å². The molecule has 5 heteroatoms. The van der Waals surface area contributed by atoms with Gasteiger partial charge in [0.2, 0.25) is 0 Å². The molecule has 20 heavy (non-hydrogen) atoms. The Labute approximate surface area is 121 Å². The summed E-state index contributed by atoms with van der Waals surface area (Å²) >= 11 is 5.86. The van der Waals surface area contributed by atoms with E-state index in [1.54, 1.807) is 7.11 Å². The summed E-state index contributed by atoms with van der Waals surface area (Å²) in [6.07, 6.45) is 0. The lowest BCUT2D eigenvalue weighted by atomic mass is 10.2. The van der Waals surface area contributed by atoms with Crippen molar-refractivity contribution in [1.82, 2.24) is 0 Å². The molecule has 104 valence electrons. The third kappa shape index (κ3) is 3.22. The Morgan fingerprint density at radius 2 is 1.95 bits per heavy atom. The molecule has 0 aliphatic rings. The molecule has 0 saturated carbocycles. The lowest BCUT2D eigenvalue weighted by Crippen LogP contribution is -2.04. The van der Waals surface area contributed by atoms with Gasteiger partial charge >= 0.3 is 5.97 Å². The topological polar surface area (TPSA) is 55.8 Å². The average Bonchev–Trinajstić information content (AvgIpc) is 2.45. The van der Waals surface area contributed by atoms with Gasteiger partial charge in [-0.3, -0.25) is 0 Å².